The predicted molar refractivity (Wildman–Crippen MR) is 99.3 cm³/mol. The van der Waals surface area contributed by atoms with E-state index < -0.39 is 0 Å². The number of nitrogens with zero attached hydrogens (tertiary/aromatic N) is 1. The fourth-order valence-corrected chi connectivity index (χ4v) is 2.22. The Morgan fingerprint density at radius 1 is 1.16 bits per heavy atom. The van der Waals surface area contributed by atoms with Crippen LogP contribution in [0.2, 0.25) is 0 Å². The van der Waals surface area contributed by atoms with Crippen LogP contribution in [0.4, 0.5) is 10.5 Å². The summed E-state index contributed by atoms with van der Waals surface area (Å²) >= 11 is 0. The van der Waals surface area contributed by atoms with Gasteiger partial charge in [0.25, 0.3) is 0 Å². The summed E-state index contributed by atoms with van der Waals surface area (Å²) in [5, 5.41) is 5.66. The van der Waals surface area contributed by atoms with Crippen LogP contribution in [0.1, 0.15) is 45.1 Å². The molecule has 0 heterocycles. The summed E-state index contributed by atoms with van der Waals surface area (Å²) in [6.07, 6.45) is 2.94. The Morgan fingerprint density at radius 2 is 1.88 bits per heavy atom. The van der Waals surface area contributed by atoms with Gasteiger partial charge in [0.05, 0.1) is 0 Å². The lowest BCUT2D eigenvalue weighted by molar-refractivity contribution is -0.121. The Balaban J connectivity index is 2.34. The number of amides is 3. The molecule has 6 nitrogen and oxygen atoms in total. The first kappa shape index (κ1) is 20.7. The Labute approximate surface area is 150 Å². The van der Waals surface area contributed by atoms with Gasteiger partial charge in [0.1, 0.15) is 5.78 Å². The molecule has 0 radical (unpaired) electrons. The zero-order chi connectivity index (χ0) is 18.8. The number of carbonyl (C=O) groups is 3. The number of nitrogens with one attached hydrogen (secondary N) is 2. The molecule has 1 rings (SSSR count). The quantitative estimate of drug-likeness (QED) is 0.673. The van der Waals surface area contributed by atoms with Gasteiger partial charge >= 0.3 is 6.03 Å². The van der Waals surface area contributed by atoms with Crippen molar-refractivity contribution in [1.82, 2.24) is 10.2 Å². The second-order valence-electron chi connectivity index (χ2n) is 6.56. The lowest BCUT2D eigenvalue weighted by Crippen LogP contribution is -2.27. The van der Waals surface area contributed by atoms with Crippen molar-refractivity contribution in [3.05, 3.63) is 29.8 Å². The Bertz CT molecular complexity index is 599. The lowest BCUT2D eigenvalue weighted by atomic mass is 10.00. The molecule has 0 bridgehead atoms. The summed E-state index contributed by atoms with van der Waals surface area (Å²) in [5.74, 6) is 0.270. The van der Waals surface area contributed by atoms with Crippen molar-refractivity contribution in [3.8, 4) is 0 Å². The summed E-state index contributed by atoms with van der Waals surface area (Å²) in [7, 11) is 3.35. The summed E-state index contributed by atoms with van der Waals surface area (Å²) in [6.45, 7) is 3.95. The van der Waals surface area contributed by atoms with E-state index in [2.05, 4.69) is 10.6 Å². The molecule has 3 amide bonds. The maximum atomic E-state index is 11.9. The van der Waals surface area contributed by atoms with E-state index in [0.717, 1.165) is 24.8 Å². The standard InChI is InChI=1S/C19H29N3O3/c1-14(15(2)23)8-5-6-11-18(24)20-13-16-9-7-10-17(12-16)21-19(25)22(3)4/h7,9-10,12,14H,5-6,8,11,13H2,1-4H3,(H,20,24)(H,21,25)/t14-/m1/s1. The molecular formula is C19H29N3O3. The largest absolute Gasteiger partial charge is 0.352 e. The van der Waals surface area contributed by atoms with E-state index in [9.17, 15) is 14.4 Å². The van der Waals surface area contributed by atoms with Crippen molar-refractivity contribution < 1.29 is 14.4 Å². The highest BCUT2D eigenvalue weighted by Crippen LogP contribution is 2.12. The molecule has 25 heavy (non-hydrogen) atoms. The number of unbranched alkanes of at least 4 members (excludes halogenated alkanes) is 1. The van der Waals surface area contributed by atoms with E-state index >= 15 is 0 Å². The van der Waals surface area contributed by atoms with Crippen LogP contribution < -0.4 is 10.6 Å². The number of hydrogen-bond donors (Lipinski definition) is 2. The number of carbonyl (C=O) groups excluding carboxylic acids is 3. The minimum Gasteiger partial charge on any atom is -0.352 e. The molecule has 1 atom stereocenters. The molecule has 1 aromatic carbocycles. The molecule has 6 heteroatoms. The number of anilines is 1. The van der Waals surface area contributed by atoms with Crippen LogP contribution in [0, 0.1) is 5.92 Å². The van der Waals surface area contributed by atoms with Gasteiger partial charge in [-0.2, -0.15) is 0 Å². The normalized spacial score (nSPS) is 11.5. The highest BCUT2D eigenvalue weighted by Gasteiger charge is 2.08. The zero-order valence-electron chi connectivity index (χ0n) is 15.6. The molecule has 0 aliphatic heterocycles. The van der Waals surface area contributed by atoms with E-state index in [-0.39, 0.29) is 23.6 Å². The highest BCUT2D eigenvalue weighted by atomic mass is 16.2. The third-order valence-electron chi connectivity index (χ3n) is 4.06. The third-order valence-corrected chi connectivity index (χ3v) is 4.06. The first-order valence-electron chi connectivity index (χ1n) is 8.64. The van der Waals surface area contributed by atoms with Crippen molar-refractivity contribution in [3.63, 3.8) is 0 Å². The van der Waals surface area contributed by atoms with Crippen LogP contribution in [0.5, 0.6) is 0 Å². The number of urea groups is 1. The van der Waals surface area contributed by atoms with Gasteiger partial charge in [-0.1, -0.05) is 25.5 Å². The van der Waals surface area contributed by atoms with E-state index in [1.807, 2.05) is 31.2 Å². The highest BCUT2D eigenvalue weighted by molar-refractivity contribution is 5.89. The summed E-state index contributed by atoms with van der Waals surface area (Å²) in [6, 6.07) is 7.20. The molecule has 138 valence electrons. The SMILES string of the molecule is CC(=O)[C@H](C)CCCCC(=O)NCc1cccc(NC(=O)N(C)C)c1. The Kier molecular flexibility index (Phi) is 8.67. The summed E-state index contributed by atoms with van der Waals surface area (Å²) in [4.78, 5) is 36.2. The van der Waals surface area contributed by atoms with Crippen molar-refractivity contribution >= 4 is 23.4 Å². The molecule has 0 aromatic heterocycles. The summed E-state index contributed by atoms with van der Waals surface area (Å²) < 4.78 is 0. The zero-order valence-corrected chi connectivity index (χ0v) is 15.6. The number of hydrogen-bond acceptors (Lipinski definition) is 3. The number of Topliss-reactive ketones (excluding diaryl/α,β-unsaturated/α-hetero) is 1. The molecule has 0 fully saturated rings. The van der Waals surface area contributed by atoms with Crippen molar-refractivity contribution in [2.24, 2.45) is 5.92 Å². The molecule has 1 aromatic rings. The first-order chi connectivity index (χ1) is 11.8. The van der Waals surface area contributed by atoms with Gasteiger partial charge in [-0.3, -0.25) is 9.59 Å². The number of ketones is 1. The van der Waals surface area contributed by atoms with Crippen LogP contribution in [0.25, 0.3) is 0 Å². The van der Waals surface area contributed by atoms with Crippen molar-refractivity contribution in [2.75, 3.05) is 19.4 Å². The second-order valence-corrected chi connectivity index (χ2v) is 6.56. The van der Waals surface area contributed by atoms with Crippen LogP contribution in [-0.2, 0) is 16.1 Å². The maximum Gasteiger partial charge on any atom is 0.321 e. The predicted octanol–water partition coefficient (Wildman–Crippen LogP) is 3.18. The Hall–Kier alpha value is -2.37. The van der Waals surface area contributed by atoms with E-state index in [0.29, 0.717) is 18.7 Å². The average Bonchev–Trinajstić information content (AvgIpc) is 2.56. The molecule has 0 unspecified atom stereocenters. The fourth-order valence-electron chi connectivity index (χ4n) is 2.22. The van der Waals surface area contributed by atoms with Gasteiger partial charge in [0, 0.05) is 38.7 Å². The minimum absolute atomic E-state index is 0.00166. The fraction of sp³-hybridized carbons (Fsp3) is 0.526. The summed E-state index contributed by atoms with van der Waals surface area (Å²) in [5.41, 5.74) is 1.62. The van der Waals surface area contributed by atoms with Gasteiger partial charge in [-0.05, 0) is 37.5 Å². The lowest BCUT2D eigenvalue weighted by Gasteiger charge is -2.13. The van der Waals surface area contributed by atoms with Crippen molar-refractivity contribution in [1.29, 1.82) is 0 Å². The van der Waals surface area contributed by atoms with Gasteiger partial charge in [-0.25, -0.2) is 4.79 Å². The molecule has 0 saturated heterocycles. The first-order valence-corrected chi connectivity index (χ1v) is 8.64. The second kappa shape index (κ2) is 10.5. The molecule has 0 aliphatic carbocycles. The van der Waals surface area contributed by atoms with Gasteiger partial charge < -0.3 is 15.5 Å². The van der Waals surface area contributed by atoms with Crippen LogP contribution in [0.3, 0.4) is 0 Å². The van der Waals surface area contributed by atoms with Crippen LogP contribution in [-0.4, -0.2) is 36.7 Å². The van der Waals surface area contributed by atoms with Gasteiger partial charge in [-0.15, -0.1) is 0 Å². The number of benzene rings is 1. The smallest absolute Gasteiger partial charge is 0.321 e. The molecular weight excluding hydrogens is 318 g/mol. The van der Waals surface area contributed by atoms with Gasteiger partial charge in [0.2, 0.25) is 5.91 Å². The number of rotatable bonds is 9. The van der Waals surface area contributed by atoms with Crippen LogP contribution in [0.15, 0.2) is 24.3 Å². The maximum absolute atomic E-state index is 11.9. The van der Waals surface area contributed by atoms with Gasteiger partial charge in [0.15, 0.2) is 0 Å². The molecule has 0 saturated carbocycles. The van der Waals surface area contributed by atoms with E-state index in [4.69, 9.17) is 0 Å². The topological polar surface area (TPSA) is 78.5 Å². The average molecular weight is 347 g/mol. The molecule has 0 aliphatic rings. The Morgan fingerprint density at radius 3 is 2.52 bits per heavy atom. The van der Waals surface area contributed by atoms with E-state index in [1.165, 1.54) is 4.90 Å². The van der Waals surface area contributed by atoms with E-state index in [1.54, 1.807) is 21.0 Å². The monoisotopic (exact) mass is 347 g/mol. The van der Waals surface area contributed by atoms with Crippen molar-refractivity contribution in [2.45, 2.75) is 46.1 Å². The van der Waals surface area contributed by atoms with Crippen LogP contribution >= 0.6 is 0 Å². The molecule has 2 N–H and O–H groups in total. The third kappa shape index (κ3) is 8.33. The minimum atomic E-state index is -0.194. The molecule has 0 spiro atoms.